The van der Waals surface area contributed by atoms with Gasteiger partial charge >= 0.3 is 5.97 Å². The number of hydrogen-bond donors (Lipinski definition) is 0. The number of methoxy groups -OCH3 is 1. The molecule has 0 aromatic carbocycles. The molecule has 0 radical (unpaired) electrons. The number of rotatable bonds is 4. The van der Waals surface area contributed by atoms with E-state index in [-0.39, 0.29) is 12.1 Å². The predicted molar refractivity (Wildman–Crippen MR) is 70.1 cm³/mol. The van der Waals surface area contributed by atoms with Gasteiger partial charge in [0.1, 0.15) is 0 Å². The maximum atomic E-state index is 11.1. The number of anilines is 1. The van der Waals surface area contributed by atoms with Crippen LogP contribution in [0.2, 0.25) is 0 Å². The van der Waals surface area contributed by atoms with Gasteiger partial charge in [-0.25, -0.2) is 4.98 Å². The zero-order valence-corrected chi connectivity index (χ0v) is 11.5. The molecule has 1 aromatic rings. The molecule has 1 atom stereocenters. The summed E-state index contributed by atoms with van der Waals surface area (Å²) in [5, 5.41) is 3.03. The minimum absolute atomic E-state index is 0.190. The van der Waals surface area contributed by atoms with Gasteiger partial charge in [-0.3, -0.25) is 4.79 Å². The molecule has 2 rings (SSSR count). The Morgan fingerprint density at radius 3 is 3.28 bits per heavy atom. The van der Waals surface area contributed by atoms with Gasteiger partial charge in [-0.1, -0.05) is 0 Å². The average Bonchev–Trinajstić information content (AvgIpc) is 2.84. The van der Waals surface area contributed by atoms with Crippen LogP contribution < -0.4 is 4.90 Å². The van der Waals surface area contributed by atoms with Gasteiger partial charge in [0.05, 0.1) is 31.9 Å². The molecule has 1 unspecified atom stereocenters. The molecule has 5 nitrogen and oxygen atoms in total. The van der Waals surface area contributed by atoms with Crippen LogP contribution in [-0.4, -0.2) is 43.9 Å². The Morgan fingerprint density at radius 1 is 1.72 bits per heavy atom. The van der Waals surface area contributed by atoms with E-state index in [1.807, 2.05) is 5.38 Å². The summed E-state index contributed by atoms with van der Waals surface area (Å²) in [7, 11) is 1.41. The van der Waals surface area contributed by atoms with Gasteiger partial charge in [-0.05, 0) is 6.92 Å². The van der Waals surface area contributed by atoms with E-state index in [4.69, 9.17) is 4.74 Å². The van der Waals surface area contributed by atoms with E-state index in [0.29, 0.717) is 12.8 Å². The third-order valence-corrected chi connectivity index (χ3v) is 3.81. The molecule has 1 aromatic heterocycles. The first-order valence-electron chi connectivity index (χ1n) is 6.07. The smallest absolute Gasteiger partial charge is 0.305 e. The van der Waals surface area contributed by atoms with Gasteiger partial charge in [-0.15, -0.1) is 11.3 Å². The van der Waals surface area contributed by atoms with E-state index in [1.54, 1.807) is 11.3 Å². The zero-order chi connectivity index (χ0) is 13.0. The van der Waals surface area contributed by atoms with Gasteiger partial charge in [-0.2, -0.15) is 0 Å². The topological polar surface area (TPSA) is 51.7 Å². The molecule has 0 spiro atoms. The first kappa shape index (κ1) is 13.3. The summed E-state index contributed by atoms with van der Waals surface area (Å²) in [6.07, 6.45) is 1.28. The highest BCUT2D eigenvalue weighted by Gasteiger charge is 2.19. The number of aromatic nitrogens is 1. The Kier molecular flexibility index (Phi) is 4.54. The summed E-state index contributed by atoms with van der Waals surface area (Å²) >= 11 is 1.62. The maximum absolute atomic E-state index is 11.1. The van der Waals surface area contributed by atoms with Crippen molar-refractivity contribution in [2.45, 2.75) is 25.9 Å². The second-order valence-corrected chi connectivity index (χ2v) is 5.16. The molecule has 1 aliphatic heterocycles. The summed E-state index contributed by atoms with van der Waals surface area (Å²) in [6, 6.07) is 0. The largest absolute Gasteiger partial charge is 0.469 e. The molecule has 2 heterocycles. The van der Waals surface area contributed by atoms with Crippen LogP contribution in [0.25, 0.3) is 0 Å². The second-order valence-electron chi connectivity index (χ2n) is 4.32. The third kappa shape index (κ3) is 3.43. The second kappa shape index (κ2) is 6.15. The molecule has 100 valence electrons. The summed E-state index contributed by atoms with van der Waals surface area (Å²) in [4.78, 5) is 17.9. The van der Waals surface area contributed by atoms with Crippen molar-refractivity contribution in [2.75, 3.05) is 31.7 Å². The Morgan fingerprint density at radius 2 is 2.56 bits per heavy atom. The van der Waals surface area contributed by atoms with Crippen molar-refractivity contribution in [1.29, 1.82) is 0 Å². The highest BCUT2D eigenvalue weighted by molar-refractivity contribution is 7.13. The summed E-state index contributed by atoms with van der Waals surface area (Å²) in [5.74, 6) is -0.190. The molecule has 1 aliphatic rings. The molecule has 1 fully saturated rings. The maximum Gasteiger partial charge on any atom is 0.305 e. The van der Waals surface area contributed by atoms with Crippen molar-refractivity contribution >= 4 is 22.4 Å². The number of aryl methyl sites for hydroxylation is 1. The number of morpholine rings is 1. The lowest BCUT2D eigenvalue weighted by Crippen LogP contribution is -2.41. The normalized spacial score (nSPS) is 19.9. The molecule has 0 amide bonds. The average molecular weight is 270 g/mol. The van der Waals surface area contributed by atoms with Gasteiger partial charge in [0.25, 0.3) is 0 Å². The number of carbonyl (C=O) groups is 1. The highest BCUT2D eigenvalue weighted by atomic mass is 32.1. The zero-order valence-electron chi connectivity index (χ0n) is 10.7. The number of carbonyl (C=O) groups excluding carboxylic acids is 1. The van der Waals surface area contributed by atoms with E-state index in [9.17, 15) is 4.79 Å². The Bertz CT molecular complexity index is 408. The van der Waals surface area contributed by atoms with Crippen LogP contribution in [-0.2, 0) is 20.7 Å². The first-order chi connectivity index (χ1) is 8.69. The van der Waals surface area contributed by atoms with E-state index in [2.05, 4.69) is 21.5 Å². The standard InChI is InChI=1S/C12H18N2O3S/c1-9-7-14(5-6-17-9)12-13-10(8-18-12)3-4-11(15)16-2/h8-9H,3-7H2,1-2H3. The fraction of sp³-hybridized carbons (Fsp3) is 0.667. The SMILES string of the molecule is COC(=O)CCc1csc(N2CCOC(C)C2)n1. The lowest BCUT2D eigenvalue weighted by Gasteiger charge is -2.30. The third-order valence-electron chi connectivity index (χ3n) is 2.86. The van der Waals surface area contributed by atoms with E-state index >= 15 is 0 Å². The van der Waals surface area contributed by atoms with Crippen LogP contribution in [0.3, 0.4) is 0 Å². The van der Waals surface area contributed by atoms with Gasteiger partial charge in [0, 0.05) is 24.9 Å². The molecule has 0 N–H and O–H groups in total. The fourth-order valence-electron chi connectivity index (χ4n) is 1.88. The van der Waals surface area contributed by atoms with Crippen molar-refractivity contribution in [3.05, 3.63) is 11.1 Å². The molecule has 1 saturated heterocycles. The lowest BCUT2D eigenvalue weighted by atomic mass is 10.2. The number of nitrogens with zero attached hydrogens (tertiary/aromatic N) is 2. The minimum Gasteiger partial charge on any atom is -0.469 e. The van der Waals surface area contributed by atoms with Crippen molar-refractivity contribution in [1.82, 2.24) is 4.98 Å². The minimum atomic E-state index is -0.190. The number of thiazole rings is 1. The van der Waals surface area contributed by atoms with Crippen LogP contribution in [0.15, 0.2) is 5.38 Å². The van der Waals surface area contributed by atoms with Crippen LogP contribution in [0, 0.1) is 0 Å². The molecule has 0 bridgehead atoms. The number of hydrogen-bond acceptors (Lipinski definition) is 6. The summed E-state index contributed by atoms with van der Waals surface area (Å²) in [5.41, 5.74) is 0.958. The van der Waals surface area contributed by atoms with E-state index < -0.39 is 0 Å². The van der Waals surface area contributed by atoms with Crippen LogP contribution >= 0.6 is 11.3 Å². The molecule has 0 saturated carbocycles. The molecule has 18 heavy (non-hydrogen) atoms. The molecular weight excluding hydrogens is 252 g/mol. The lowest BCUT2D eigenvalue weighted by molar-refractivity contribution is -0.140. The van der Waals surface area contributed by atoms with Crippen LogP contribution in [0.5, 0.6) is 0 Å². The van der Waals surface area contributed by atoms with Crippen molar-refractivity contribution in [2.24, 2.45) is 0 Å². The number of ether oxygens (including phenoxy) is 2. The van der Waals surface area contributed by atoms with Crippen molar-refractivity contribution in [3.63, 3.8) is 0 Å². The predicted octanol–water partition coefficient (Wildman–Crippen LogP) is 1.47. The summed E-state index contributed by atoms with van der Waals surface area (Å²) in [6.45, 7) is 4.58. The van der Waals surface area contributed by atoms with Crippen molar-refractivity contribution in [3.8, 4) is 0 Å². The van der Waals surface area contributed by atoms with Gasteiger partial charge in [0.2, 0.25) is 0 Å². The Labute approximate surface area is 111 Å². The summed E-state index contributed by atoms with van der Waals surface area (Å²) < 4.78 is 10.1. The molecule has 6 heteroatoms. The van der Waals surface area contributed by atoms with E-state index in [1.165, 1.54) is 7.11 Å². The van der Waals surface area contributed by atoms with Crippen LogP contribution in [0.4, 0.5) is 5.13 Å². The molecular formula is C12H18N2O3S. The first-order valence-corrected chi connectivity index (χ1v) is 6.95. The van der Waals surface area contributed by atoms with E-state index in [0.717, 1.165) is 30.5 Å². The fourth-order valence-corrected chi connectivity index (χ4v) is 2.78. The van der Waals surface area contributed by atoms with Gasteiger partial charge < -0.3 is 14.4 Å². The Hall–Kier alpha value is -1.14. The Balaban J connectivity index is 1.91. The highest BCUT2D eigenvalue weighted by Crippen LogP contribution is 2.23. The van der Waals surface area contributed by atoms with Crippen LogP contribution in [0.1, 0.15) is 19.0 Å². The molecule has 0 aliphatic carbocycles. The van der Waals surface area contributed by atoms with Gasteiger partial charge in [0.15, 0.2) is 5.13 Å². The quantitative estimate of drug-likeness (QED) is 0.776. The monoisotopic (exact) mass is 270 g/mol. The van der Waals surface area contributed by atoms with Crippen molar-refractivity contribution < 1.29 is 14.3 Å². The number of esters is 1.